The molecule has 2 N–H and O–H groups in total. The van der Waals surface area contributed by atoms with Gasteiger partial charge < -0.3 is 19.9 Å². The molecule has 0 saturated carbocycles. The molecule has 1 amide bonds. The molecule has 0 rings (SSSR count). The molecule has 0 fully saturated rings. The number of carbonyl (C=O) groups is 2. The minimum absolute atomic E-state index is 0.130. The Morgan fingerprint density at radius 2 is 2.00 bits per heavy atom. The predicted molar refractivity (Wildman–Crippen MR) is 61.8 cm³/mol. The van der Waals surface area contributed by atoms with Crippen LogP contribution in [0.5, 0.6) is 0 Å². The Bertz CT molecular complexity index is 265. The SMILES string of the molecule is CCC(OC)C(=O)NC(C)(COC)CC(=O)O. The summed E-state index contributed by atoms with van der Waals surface area (Å²) >= 11 is 0. The fourth-order valence-corrected chi connectivity index (χ4v) is 1.62. The van der Waals surface area contributed by atoms with Crippen molar-refractivity contribution in [1.29, 1.82) is 0 Å². The van der Waals surface area contributed by atoms with Gasteiger partial charge in [0, 0.05) is 14.2 Å². The maximum atomic E-state index is 11.8. The van der Waals surface area contributed by atoms with E-state index in [0.29, 0.717) is 6.42 Å². The van der Waals surface area contributed by atoms with Gasteiger partial charge in [0.2, 0.25) is 5.91 Å². The molecule has 0 aliphatic rings. The van der Waals surface area contributed by atoms with E-state index < -0.39 is 17.6 Å². The van der Waals surface area contributed by atoms with E-state index in [4.69, 9.17) is 14.6 Å². The van der Waals surface area contributed by atoms with Gasteiger partial charge in [-0.05, 0) is 13.3 Å². The number of aliphatic carboxylic acids is 1. The fraction of sp³-hybridized carbons (Fsp3) is 0.818. The average Bonchev–Trinajstić information content (AvgIpc) is 2.17. The normalized spacial score (nSPS) is 16.0. The summed E-state index contributed by atoms with van der Waals surface area (Å²) in [6.07, 6.45) is -0.245. The van der Waals surface area contributed by atoms with Crippen molar-refractivity contribution in [3.05, 3.63) is 0 Å². The summed E-state index contributed by atoms with van der Waals surface area (Å²) in [7, 11) is 2.90. The zero-order valence-corrected chi connectivity index (χ0v) is 10.8. The first-order valence-corrected chi connectivity index (χ1v) is 5.44. The van der Waals surface area contributed by atoms with Crippen LogP contribution in [0.15, 0.2) is 0 Å². The first kappa shape index (κ1) is 15.9. The van der Waals surface area contributed by atoms with Crippen molar-refractivity contribution in [2.45, 2.75) is 38.3 Å². The zero-order chi connectivity index (χ0) is 13.5. The van der Waals surface area contributed by atoms with Gasteiger partial charge >= 0.3 is 5.97 Å². The summed E-state index contributed by atoms with van der Waals surface area (Å²) < 4.78 is 9.93. The number of rotatable bonds is 8. The van der Waals surface area contributed by atoms with Crippen LogP contribution in [-0.4, -0.2) is 49.5 Å². The van der Waals surface area contributed by atoms with Gasteiger partial charge in [0.05, 0.1) is 18.6 Å². The summed E-state index contributed by atoms with van der Waals surface area (Å²) in [6, 6.07) is 0. The molecule has 0 bridgehead atoms. The molecule has 100 valence electrons. The van der Waals surface area contributed by atoms with Crippen LogP contribution in [0.3, 0.4) is 0 Å². The summed E-state index contributed by atoms with van der Waals surface area (Å²) in [5, 5.41) is 11.5. The lowest BCUT2D eigenvalue weighted by Crippen LogP contribution is -2.53. The number of hydrogen-bond acceptors (Lipinski definition) is 4. The van der Waals surface area contributed by atoms with Crippen LogP contribution in [0.4, 0.5) is 0 Å². The van der Waals surface area contributed by atoms with Crippen LogP contribution in [-0.2, 0) is 19.1 Å². The Balaban J connectivity index is 4.62. The lowest BCUT2D eigenvalue weighted by atomic mass is 9.98. The van der Waals surface area contributed by atoms with Crippen LogP contribution in [0, 0.1) is 0 Å². The summed E-state index contributed by atoms with van der Waals surface area (Å²) in [4.78, 5) is 22.5. The molecule has 0 aromatic rings. The highest BCUT2D eigenvalue weighted by Crippen LogP contribution is 2.11. The summed E-state index contributed by atoms with van der Waals surface area (Å²) in [5.74, 6) is -1.31. The number of carboxylic acid groups (broad SMARTS) is 1. The molecule has 2 atom stereocenters. The summed E-state index contributed by atoms with van der Waals surface area (Å²) in [5.41, 5.74) is -0.927. The van der Waals surface area contributed by atoms with Crippen LogP contribution in [0.2, 0.25) is 0 Å². The van der Waals surface area contributed by atoms with Crippen LogP contribution in [0.25, 0.3) is 0 Å². The molecule has 0 aliphatic heterocycles. The van der Waals surface area contributed by atoms with E-state index in [0.717, 1.165) is 0 Å². The Hall–Kier alpha value is -1.14. The monoisotopic (exact) mass is 247 g/mol. The quantitative estimate of drug-likeness (QED) is 0.649. The molecule has 0 saturated heterocycles. The molecule has 0 radical (unpaired) electrons. The highest BCUT2D eigenvalue weighted by atomic mass is 16.5. The van der Waals surface area contributed by atoms with Gasteiger partial charge in [0.15, 0.2) is 0 Å². The second-order valence-electron chi connectivity index (χ2n) is 4.19. The van der Waals surface area contributed by atoms with E-state index in [1.165, 1.54) is 14.2 Å². The van der Waals surface area contributed by atoms with Crippen molar-refractivity contribution >= 4 is 11.9 Å². The molecular weight excluding hydrogens is 226 g/mol. The van der Waals surface area contributed by atoms with E-state index in [9.17, 15) is 9.59 Å². The van der Waals surface area contributed by atoms with Crippen LogP contribution >= 0.6 is 0 Å². The lowest BCUT2D eigenvalue weighted by molar-refractivity contribution is -0.141. The minimum Gasteiger partial charge on any atom is -0.481 e. The first-order valence-electron chi connectivity index (χ1n) is 5.44. The zero-order valence-electron chi connectivity index (χ0n) is 10.8. The highest BCUT2D eigenvalue weighted by Gasteiger charge is 2.31. The lowest BCUT2D eigenvalue weighted by Gasteiger charge is -2.30. The van der Waals surface area contributed by atoms with Crippen LogP contribution in [0.1, 0.15) is 26.7 Å². The maximum absolute atomic E-state index is 11.8. The van der Waals surface area contributed by atoms with E-state index in [-0.39, 0.29) is 18.9 Å². The Morgan fingerprint density at radius 1 is 1.41 bits per heavy atom. The Morgan fingerprint density at radius 3 is 2.35 bits per heavy atom. The largest absolute Gasteiger partial charge is 0.481 e. The third-order valence-corrected chi connectivity index (χ3v) is 2.38. The van der Waals surface area contributed by atoms with E-state index in [1.807, 2.05) is 6.92 Å². The van der Waals surface area contributed by atoms with Gasteiger partial charge in [-0.25, -0.2) is 0 Å². The van der Waals surface area contributed by atoms with Crippen molar-refractivity contribution < 1.29 is 24.2 Å². The smallest absolute Gasteiger partial charge is 0.305 e. The van der Waals surface area contributed by atoms with E-state index in [2.05, 4.69) is 5.32 Å². The number of ether oxygens (including phenoxy) is 2. The third kappa shape index (κ3) is 5.65. The molecule has 17 heavy (non-hydrogen) atoms. The number of methoxy groups -OCH3 is 2. The maximum Gasteiger partial charge on any atom is 0.305 e. The topological polar surface area (TPSA) is 84.9 Å². The van der Waals surface area contributed by atoms with E-state index in [1.54, 1.807) is 6.92 Å². The molecule has 0 aromatic carbocycles. The molecule has 0 heterocycles. The van der Waals surface area contributed by atoms with Crippen molar-refractivity contribution in [1.82, 2.24) is 5.32 Å². The Kier molecular flexibility index (Phi) is 6.75. The molecule has 0 aliphatic carbocycles. The number of nitrogens with one attached hydrogen (secondary N) is 1. The summed E-state index contributed by atoms with van der Waals surface area (Å²) in [6.45, 7) is 3.58. The molecule has 0 aromatic heterocycles. The fourth-order valence-electron chi connectivity index (χ4n) is 1.62. The van der Waals surface area contributed by atoms with Crippen molar-refractivity contribution in [2.24, 2.45) is 0 Å². The van der Waals surface area contributed by atoms with Gasteiger partial charge in [-0.1, -0.05) is 6.92 Å². The van der Waals surface area contributed by atoms with Crippen molar-refractivity contribution in [3.8, 4) is 0 Å². The predicted octanol–water partition coefficient (Wildman–Crippen LogP) is 0.407. The van der Waals surface area contributed by atoms with Crippen molar-refractivity contribution in [3.63, 3.8) is 0 Å². The second kappa shape index (κ2) is 7.24. The standard InChI is InChI=1S/C11H21NO5/c1-5-8(17-4)10(15)12-11(2,7-16-3)6-9(13)14/h8H,5-7H2,1-4H3,(H,12,15)(H,13,14). The second-order valence-corrected chi connectivity index (χ2v) is 4.19. The number of carbonyl (C=O) groups excluding carboxylic acids is 1. The first-order chi connectivity index (χ1) is 7.88. The molecule has 2 unspecified atom stereocenters. The van der Waals surface area contributed by atoms with Crippen LogP contribution < -0.4 is 5.32 Å². The highest BCUT2D eigenvalue weighted by molar-refractivity contribution is 5.82. The Labute approximate surface area is 101 Å². The minimum atomic E-state index is -0.990. The van der Waals surface area contributed by atoms with Gasteiger partial charge in [-0.15, -0.1) is 0 Å². The van der Waals surface area contributed by atoms with Gasteiger partial charge in [-0.3, -0.25) is 9.59 Å². The van der Waals surface area contributed by atoms with Gasteiger partial charge in [0.25, 0.3) is 0 Å². The number of carboxylic acids is 1. The molecule has 6 heteroatoms. The average molecular weight is 247 g/mol. The molecule has 6 nitrogen and oxygen atoms in total. The van der Waals surface area contributed by atoms with Gasteiger partial charge in [-0.2, -0.15) is 0 Å². The molecule has 0 spiro atoms. The third-order valence-electron chi connectivity index (χ3n) is 2.38. The van der Waals surface area contributed by atoms with E-state index >= 15 is 0 Å². The van der Waals surface area contributed by atoms with Gasteiger partial charge in [0.1, 0.15) is 6.10 Å². The molecular formula is C11H21NO5. The number of amides is 1. The number of hydrogen-bond donors (Lipinski definition) is 2. The van der Waals surface area contributed by atoms with Crippen molar-refractivity contribution in [2.75, 3.05) is 20.8 Å².